The Hall–Kier alpha value is -6.06. The van der Waals surface area contributed by atoms with Gasteiger partial charge in [-0.3, -0.25) is 0 Å². The molecule has 2 fully saturated rings. The van der Waals surface area contributed by atoms with Gasteiger partial charge >= 0.3 is 0 Å². The molecule has 0 aliphatic heterocycles. The highest BCUT2D eigenvalue weighted by Gasteiger charge is 2.37. The van der Waals surface area contributed by atoms with Gasteiger partial charge < -0.3 is 14.2 Å². The second-order valence-electron chi connectivity index (χ2n) is 15.9. The lowest BCUT2D eigenvalue weighted by atomic mass is 9.73. The van der Waals surface area contributed by atoms with Crippen molar-refractivity contribution in [3.05, 3.63) is 193 Å². The van der Waals surface area contributed by atoms with Crippen molar-refractivity contribution < 1.29 is 4.42 Å². The molecule has 3 nitrogen and oxygen atoms in total. The molecule has 3 heteroatoms. The summed E-state index contributed by atoms with van der Waals surface area (Å²) >= 11 is 0. The summed E-state index contributed by atoms with van der Waals surface area (Å²) in [4.78, 5) is 4.75. The average Bonchev–Trinajstić information content (AvgIpc) is 3.92. The summed E-state index contributed by atoms with van der Waals surface area (Å²) in [5.41, 5.74) is 13.0. The Labute approximate surface area is 330 Å². The van der Waals surface area contributed by atoms with Crippen LogP contribution in [0.3, 0.4) is 0 Å². The molecule has 2 saturated carbocycles. The lowest BCUT2D eigenvalue weighted by Gasteiger charge is -2.33. The fourth-order valence-corrected chi connectivity index (χ4v) is 9.82. The van der Waals surface area contributed by atoms with Crippen LogP contribution < -0.4 is 9.80 Å². The summed E-state index contributed by atoms with van der Waals surface area (Å²) in [5, 5.41) is 2.31. The molecule has 0 bridgehead atoms. The van der Waals surface area contributed by atoms with E-state index in [-0.39, 0.29) is 5.41 Å². The SMILES string of the molecule is c1ccc(N(c2ccccc2)c2ccc(C3(c4ccc(N(c5ccc(C6CCCCC6)cc5)c5ccc6c(c5)oc5ccccc56)cc4)CCCC3)cc2)cc1. The van der Waals surface area contributed by atoms with Crippen LogP contribution in [-0.2, 0) is 5.41 Å². The fourth-order valence-electron chi connectivity index (χ4n) is 9.82. The second kappa shape index (κ2) is 14.9. The van der Waals surface area contributed by atoms with Gasteiger partial charge in [0.2, 0.25) is 0 Å². The van der Waals surface area contributed by atoms with Crippen molar-refractivity contribution in [3.63, 3.8) is 0 Å². The molecule has 0 spiro atoms. The third kappa shape index (κ3) is 6.35. The van der Waals surface area contributed by atoms with Crippen molar-refractivity contribution in [1.29, 1.82) is 0 Å². The first-order valence-corrected chi connectivity index (χ1v) is 20.7. The molecule has 56 heavy (non-hydrogen) atoms. The highest BCUT2D eigenvalue weighted by atomic mass is 16.3. The van der Waals surface area contributed by atoms with Crippen LogP contribution in [0.2, 0.25) is 0 Å². The number of anilines is 6. The molecular formula is C53H48N2O. The summed E-state index contributed by atoms with van der Waals surface area (Å²) in [6, 6.07) is 64.7. The van der Waals surface area contributed by atoms with Crippen molar-refractivity contribution in [2.75, 3.05) is 9.80 Å². The first-order valence-electron chi connectivity index (χ1n) is 20.7. The Morgan fingerprint density at radius 2 is 0.857 bits per heavy atom. The molecular weight excluding hydrogens is 681 g/mol. The maximum Gasteiger partial charge on any atom is 0.137 e. The number of nitrogens with zero attached hydrogens (tertiary/aromatic N) is 2. The fraction of sp³-hybridized carbons (Fsp3) is 0.208. The molecule has 0 amide bonds. The average molecular weight is 729 g/mol. The first-order chi connectivity index (χ1) is 27.7. The van der Waals surface area contributed by atoms with E-state index in [1.165, 1.54) is 73.0 Å². The highest BCUT2D eigenvalue weighted by molar-refractivity contribution is 6.06. The number of para-hydroxylation sites is 3. The van der Waals surface area contributed by atoms with Gasteiger partial charge in [0.15, 0.2) is 0 Å². The third-order valence-corrected chi connectivity index (χ3v) is 12.7. The zero-order valence-corrected chi connectivity index (χ0v) is 32.0. The molecule has 8 aromatic rings. The molecule has 276 valence electrons. The zero-order valence-electron chi connectivity index (χ0n) is 32.0. The molecule has 2 aliphatic carbocycles. The number of benzene rings is 7. The molecule has 1 aromatic heterocycles. The molecule has 0 N–H and O–H groups in total. The van der Waals surface area contributed by atoms with Gasteiger partial charge in [-0.25, -0.2) is 0 Å². The van der Waals surface area contributed by atoms with Crippen molar-refractivity contribution >= 4 is 56.1 Å². The van der Waals surface area contributed by atoms with E-state index in [4.69, 9.17) is 4.42 Å². The number of rotatable bonds is 9. The van der Waals surface area contributed by atoms with E-state index in [9.17, 15) is 0 Å². The van der Waals surface area contributed by atoms with Crippen LogP contribution >= 0.6 is 0 Å². The molecule has 0 radical (unpaired) electrons. The number of fused-ring (bicyclic) bond motifs is 3. The molecule has 7 aromatic carbocycles. The zero-order chi connectivity index (χ0) is 37.3. The standard InChI is InChI=1S/C53H48N2O/c1-4-14-39(15-5-1)40-22-28-45(29-23-40)55(48-34-35-50-49-20-10-11-21-51(49)56-52(50)38-48)47-32-26-42(27-33-47)53(36-12-13-37-53)41-24-30-46(31-25-41)54(43-16-6-2-7-17-43)44-18-8-3-9-19-44/h2-3,6-11,16-35,38-39H,1,4-5,12-15,36-37H2. The van der Waals surface area contributed by atoms with Crippen molar-refractivity contribution in [2.45, 2.75) is 69.1 Å². The van der Waals surface area contributed by atoms with E-state index in [1.54, 1.807) is 0 Å². The van der Waals surface area contributed by atoms with Crippen molar-refractivity contribution in [1.82, 2.24) is 0 Å². The van der Waals surface area contributed by atoms with Crippen LogP contribution in [0.5, 0.6) is 0 Å². The highest BCUT2D eigenvalue weighted by Crippen LogP contribution is 2.48. The normalized spacial score (nSPS) is 15.6. The van der Waals surface area contributed by atoms with Crippen LogP contribution in [0.25, 0.3) is 21.9 Å². The van der Waals surface area contributed by atoms with E-state index in [2.05, 4.69) is 180 Å². The van der Waals surface area contributed by atoms with Crippen molar-refractivity contribution in [2.24, 2.45) is 0 Å². The Morgan fingerprint density at radius 1 is 0.393 bits per heavy atom. The van der Waals surface area contributed by atoms with Gasteiger partial charge in [0.25, 0.3) is 0 Å². The van der Waals surface area contributed by atoms with Gasteiger partial charge in [0, 0.05) is 56.4 Å². The van der Waals surface area contributed by atoms with Crippen LogP contribution in [0.1, 0.15) is 80.4 Å². The van der Waals surface area contributed by atoms with E-state index >= 15 is 0 Å². The predicted octanol–water partition coefficient (Wildman–Crippen LogP) is 15.4. The van der Waals surface area contributed by atoms with E-state index < -0.39 is 0 Å². The largest absolute Gasteiger partial charge is 0.456 e. The second-order valence-corrected chi connectivity index (χ2v) is 15.9. The minimum absolute atomic E-state index is 0.0129. The van der Waals surface area contributed by atoms with E-state index in [0.717, 1.165) is 57.5 Å². The van der Waals surface area contributed by atoms with Gasteiger partial charge in [0.05, 0.1) is 0 Å². The topological polar surface area (TPSA) is 19.6 Å². The van der Waals surface area contributed by atoms with Gasteiger partial charge in [0.1, 0.15) is 11.2 Å². The lowest BCUT2D eigenvalue weighted by molar-refractivity contribution is 0.443. The van der Waals surface area contributed by atoms with Crippen LogP contribution in [0.4, 0.5) is 34.1 Å². The van der Waals surface area contributed by atoms with E-state index in [1.807, 2.05) is 6.07 Å². The Morgan fingerprint density at radius 3 is 1.45 bits per heavy atom. The van der Waals surface area contributed by atoms with E-state index in [0.29, 0.717) is 5.92 Å². The van der Waals surface area contributed by atoms with Gasteiger partial charge in [-0.2, -0.15) is 0 Å². The lowest BCUT2D eigenvalue weighted by Crippen LogP contribution is -2.24. The number of furan rings is 1. The maximum absolute atomic E-state index is 6.41. The van der Waals surface area contributed by atoms with Crippen molar-refractivity contribution in [3.8, 4) is 0 Å². The Kier molecular flexibility index (Phi) is 9.15. The van der Waals surface area contributed by atoms with Crippen LogP contribution in [-0.4, -0.2) is 0 Å². The molecule has 1 heterocycles. The molecule has 10 rings (SSSR count). The van der Waals surface area contributed by atoms with Gasteiger partial charge in [-0.05, 0) is 127 Å². The summed E-state index contributed by atoms with van der Waals surface area (Å²) in [7, 11) is 0. The molecule has 0 saturated heterocycles. The Bertz CT molecular complexity index is 2500. The van der Waals surface area contributed by atoms with Gasteiger partial charge in [-0.15, -0.1) is 0 Å². The predicted molar refractivity (Wildman–Crippen MR) is 235 cm³/mol. The number of hydrogen-bond acceptors (Lipinski definition) is 3. The minimum atomic E-state index is -0.0129. The van der Waals surface area contributed by atoms with Gasteiger partial charge in [-0.1, -0.05) is 123 Å². The smallest absolute Gasteiger partial charge is 0.137 e. The molecule has 0 atom stereocenters. The summed E-state index contributed by atoms with van der Waals surface area (Å²) in [6.45, 7) is 0. The first kappa shape index (κ1) is 34.4. The minimum Gasteiger partial charge on any atom is -0.456 e. The Balaban J connectivity index is 1.01. The molecule has 0 unspecified atom stereocenters. The summed E-state index contributed by atoms with van der Waals surface area (Å²) < 4.78 is 6.41. The molecule has 2 aliphatic rings. The van der Waals surface area contributed by atoms with Crippen LogP contribution in [0, 0.1) is 0 Å². The maximum atomic E-state index is 6.41. The number of hydrogen-bond donors (Lipinski definition) is 0. The van der Waals surface area contributed by atoms with Crippen LogP contribution in [0.15, 0.2) is 180 Å². The monoisotopic (exact) mass is 728 g/mol. The quantitative estimate of drug-likeness (QED) is 0.148. The summed E-state index contributed by atoms with van der Waals surface area (Å²) in [6.07, 6.45) is 11.4. The third-order valence-electron chi connectivity index (χ3n) is 12.7. The summed E-state index contributed by atoms with van der Waals surface area (Å²) in [5.74, 6) is 0.675.